The van der Waals surface area contributed by atoms with Crippen molar-refractivity contribution in [2.75, 3.05) is 0 Å². The maximum atomic E-state index is 4.65. The molecule has 0 aliphatic carbocycles. The lowest BCUT2D eigenvalue weighted by Gasteiger charge is -2.14. The number of thiazole rings is 1. The van der Waals surface area contributed by atoms with Crippen LogP contribution in [0, 0.1) is 27.7 Å². The summed E-state index contributed by atoms with van der Waals surface area (Å²) in [6.45, 7) is 11.7. The molecule has 0 saturated carbocycles. The largest absolute Gasteiger partial charge is 0.305 e. The molecule has 21 heavy (non-hydrogen) atoms. The van der Waals surface area contributed by atoms with Crippen LogP contribution in [0.25, 0.3) is 4.96 Å². The molecule has 0 radical (unpaired) electrons. The number of fused-ring (bicyclic) bond motifs is 1. The zero-order chi connectivity index (χ0) is 15.1. The first-order valence-corrected chi connectivity index (χ1v) is 8.89. The van der Waals surface area contributed by atoms with Crippen molar-refractivity contribution in [3.63, 3.8) is 0 Å². The lowest BCUT2D eigenvalue weighted by Crippen LogP contribution is -2.19. The summed E-state index contributed by atoms with van der Waals surface area (Å²) < 4.78 is 2.27. The summed E-state index contributed by atoms with van der Waals surface area (Å²) in [4.78, 5) is 8.54. The number of nitrogens with one attached hydrogen (secondary N) is 1. The molecule has 1 unspecified atom stereocenters. The van der Waals surface area contributed by atoms with E-state index in [0.717, 1.165) is 17.2 Å². The number of aryl methyl sites for hydroxylation is 4. The van der Waals surface area contributed by atoms with Gasteiger partial charge in [0.1, 0.15) is 0 Å². The second-order valence-corrected chi connectivity index (χ2v) is 7.91. The number of imidazole rings is 1. The second kappa shape index (κ2) is 5.55. The van der Waals surface area contributed by atoms with Gasteiger partial charge in [0.05, 0.1) is 11.4 Å². The molecule has 0 aromatic carbocycles. The van der Waals surface area contributed by atoms with Crippen molar-refractivity contribution in [2.45, 2.75) is 47.2 Å². The molecule has 0 aliphatic rings. The predicted octanol–water partition coefficient (Wildman–Crippen LogP) is 4.54. The highest BCUT2D eigenvalue weighted by atomic mass is 32.1. The average Bonchev–Trinajstić information content (AvgIpc) is 3.03. The Kier molecular flexibility index (Phi) is 3.90. The lowest BCUT2D eigenvalue weighted by atomic mass is 10.1. The Hall–Kier alpha value is -1.17. The predicted molar refractivity (Wildman–Crippen MR) is 91.6 cm³/mol. The molecule has 3 heterocycles. The molecule has 0 bridgehead atoms. The Balaban J connectivity index is 1.81. The summed E-state index contributed by atoms with van der Waals surface area (Å²) >= 11 is 3.59. The van der Waals surface area contributed by atoms with E-state index in [-0.39, 0.29) is 0 Å². The highest BCUT2D eigenvalue weighted by Gasteiger charge is 2.15. The van der Waals surface area contributed by atoms with Gasteiger partial charge in [-0.05, 0) is 46.2 Å². The lowest BCUT2D eigenvalue weighted by molar-refractivity contribution is 0.563. The van der Waals surface area contributed by atoms with E-state index in [9.17, 15) is 0 Å². The van der Waals surface area contributed by atoms with Crippen LogP contribution < -0.4 is 5.32 Å². The number of nitrogens with zero attached hydrogens (tertiary/aromatic N) is 2. The van der Waals surface area contributed by atoms with Crippen LogP contribution in [0.2, 0.25) is 0 Å². The van der Waals surface area contributed by atoms with Gasteiger partial charge in [-0.1, -0.05) is 0 Å². The number of aromatic nitrogens is 2. The van der Waals surface area contributed by atoms with Gasteiger partial charge < -0.3 is 5.32 Å². The molecule has 3 rings (SSSR count). The van der Waals surface area contributed by atoms with Crippen LogP contribution in [-0.2, 0) is 6.54 Å². The molecule has 1 N–H and O–H groups in total. The van der Waals surface area contributed by atoms with Crippen molar-refractivity contribution >= 4 is 27.6 Å². The standard InChI is InChI=1S/C16H21N3S2/c1-9-8-20-16-18-12(4)15(19(9)16)7-17-11(3)14-6-10(2)21-13(14)5/h6,8,11,17H,7H2,1-5H3. The topological polar surface area (TPSA) is 29.3 Å². The first-order valence-electron chi connectivity index (χ1n) is 7.19. The summed E-state index contributed by atoms with van der Waals surface area (Å²) in [5, 5.41) is 5.82. The van der Waals surface area contributed by atoms with E-state index in [4.69, 9.17) is 0 Å². The van der Waals surface area contributed by atoms with Crippen LogP contribution in [0.5, 0.6) is 0 Å². The Labute approximate surface area is 133 Å². The summed E-state index contributed by atoms with van der Waals surface area (Å²) in [5.74, 6) is 0. The van der Waals surface area contributed by atoms with Gasteiger partial charge >= 0.3 is 0 Å². The number of rotatable bonds is 4. The van der Waals surface area contributed by atoms with Gasteiger partial charge in [-0.2, -0.15) is 0 Å². The van der Waals surface area contributed by atoms with Gasteiger partial charge in [0.25, 0.3) is 0 Å². The monoisotopic (exact) mass is 319 g/mol. The smallest absolute Gasteiger partial charge is 0.194 e. The molecule has 1 atom stereocenters. The quantitative estimate of drug-likeness (QED) is 0.765. The van der Waals surface area contributed by atoms with Crippen molar-refractivity contribution in [1.29, 1.82) is 0 Å². The first kappa shape index (κ1) is 14.8. The molecule has 3 nitrogen and oxygen atoms in total. The van der Waals surface area contributed by atoms with Crippen molar-refractivity contribution in [3.8, 4) is 0 Å². The molecular formula is C16H21N3S2. The highest BCUT2D eigenvalue weighted by molar-refractivity contribution is 7.15. The fourth-order valence-electron chi connectivity index (χ4n) is 2.82. The van der Waals surface area contributed by atoms with E-state index in [1.807, 2.05) is 11.3 Å². The maximum Gasteiger partial charge on any atom is 0.194 e. The summed E-state index contributed by atoms with van der Waals surface area (Å²) in [5.41, 5.74) is 5.09. The van der Waals surface area contributed by atoms with Crippen molar-refractivity contribution < 1.29 is 0 Å². The summed E-state index contributed by atoms with van der Waals surface area (Å²) in [6, 6.07) is 2.66. The normalized spacial score (nSPS) is 13.2. The highest BCUT2D eigenvalue weighted by Crippen LogP contribution is 2.27. The van der Waals surface area contributed by atoms with Gasteiger partial charge in [0.2, 0.25) is 0 Å². The number of hydrogen-bond acceptors (Lipinski definition) is 4. The zero-order valence-corrected chi connectivity index (χ0v) is 14.8. The van der Waals surface area contributed by atoms with Crippen molar-refractivity contribution in [2.24, 2.45) is 0 Å². The Morgan fingerprint density at radius 3 is 2.71 bits per heavy atom. The van der Waals surface area contributed by atoms with Crippen molar-refractivity contribution in [3.05, 3.63) is 43.8 Å². The third-order valence-corrected chi connectivity index (χ3v) is 5.88. The number of thiophene rings is 1. The first-order chi connectivity index (χ1) is 9.97. The van der Waals surface area contributed by atoms with E-state index in [1.165, 1.54) is 26.7 Å². The fraction of sp³-hybridized carbons (Fsp3) is 0.438. The SMILES string of the molecule is Cc1cc(C(C)NCc2c(C)nc3scc(C)n23)c(C)s1. The van der Waals surface area contributed by atoms with Crippen LogP contribution in [0.15, 0.2) is 11.4 Å². The minimum atomic E-state index is 0.360. The summed E-state index contributed by atoms with van der Waals surface area (Å²) in [7, 11) is 0. The fourth-order valence-corrected chi connectivity index (χ4v) is 4.77. The average molecular weight is 319 g/mol. The van der Waals surface area contributed by atoms with E-state index in [1.54, 1.807) is 11.3 Å². The minimum absolute atomic E-state index is 0.360. The molecule has 112 valence electrons. The van der Waals surface area contributed by atoms with Gasteiger partial charge in [0.15, 0.2) is 4.96 Å². The summed E-state index contributed by atoms with van der Waals surface area (Å²) in [6.07, 6.45) is 0. The van der Waals surface area contributed by atoms with E-state index in [2.05, 4.69) is 60.8 Å². The molecule has 3 aromatic rings. The van der Waals surface area contributed by atoms with Crippen LogP contribution in [0.3, 0.4) is 0 Å². The Morgan fingerprint density at radius 1 is 1.29 bits per heavy atom. The van der Waals surface area contributed by atoms with Crippen molar-refractivity contribution in [1.82, 2.24) is 14.7 Å². The van der Waals surface area contributed by atoms with Gasteiger partial charge in [-0.25, -0.2) is 4.98 Å². The van der Waals surface area contributed by atoms with E-state index < -0.39 is 0 Å². The second-order valence-electron chi connectivity index (χ2n) is 5.61. The van der Waals surface area contributed by atoms with Gasteiger partial charge in [-0.15, -0.1) is 22.7 Å². The van der Waals surface area contributed by atoms with Crippen LogP contribution in [0.1, 0.15) is 45.4 Å². The number of hydrogen-bond donors (Lipinski definition) is 1. The molecule has 0 fully saturated rings. The Bertz CT molecular complexity index is 779. The molecule has 5 heteroatoms. The van der Waals surface area contributed by atoms with Crippen LogP contribution in [-0.4, -0.2) is 9.38 Å². The molecule has 0 spiro atoms. The van der Waals surface area contributed by atoms with E-state index >= 15 is 0 Å². The van der Waals surface area contributed by atoms with Crippen LogP contribution >= 0.6 is 22.7 Å². The van der Waals surface area contributed by atoms with E-state index in [0.29, 0.717) is 6.04 Å². The van der Waals surface area contributed by atoms with Crippen LogP contribution in [0.4, 0.5) is 0 Å². The minimum Gasteiger partial charge on any atom is -0.305 e. The molecule has 0 saturated heterocycles. The maximum absolute atomic E-state index is 4.65. The molecule has 0 aliphatic heterocycles. The Morgan fingerprint density at radius 2 is 2.05 bits per heavy atom. The molecule has 0 amide bonds. The third kappa shape index (κ3) is 2.65. The third-order valence-electron chi connectivity index (χ3n) is 3.95. The van der Waals surface area contributed by atoms with Gasteiger partial charge in [0, 0.05) is 33.4 Å². The zero-order valence-electron chi connectivity index (χ0n) is 13.2. The molecule has 3 aromatic heterocycles. The van der Waals surface area contributed by atoms with Gasteiger partial charge in [-0.3, -0.25) is 4.40 Å². The molecular weight excluding hydrogens is 298 g/mol.